The van der Waals surface area contributed by atoms with Crippen molar-refractivity contribution < 1.29 is 18.8 Å². The predicted molar refractivity (Wildman–Crippen MR) is 90.8 cm³/mol. The van der Waals surface area contributed by atoms with Gasteiger partial charge in [0.25, 0.3) is 5.91 Å². The number of benzene rings is 2. The molecule has 0 aliphatic carbocycles. The summed E-state index contributed by atoms with van der Waals surface area (Å²) in [5.41, 5.74) is 0. The zero-order valence-electron chi connectivity index (χ0n) is 12.6. The Bertz CT molecular complexity index is 849. The molecule has 0 saturated heterocycles. The minimum absolute atomic E-state index is 0.135. The number of thioether (sulfide) groups is 1. The topological polar surface area (TPSA) is 81.4 Å². The van der Waals surface area contributed by atoms with Crippen LogP contribution < -0.4 is 5.32 Å². The lowest BCUT2D eigenvalue weighted by Crippen LogP contribution is -2.21. The first-order chi connectivity index (χ1) is 11.7. The van der Waals surface area contributed by atoms with Gasteiger partial charge in [-0.15, -0.1) is 11.8 Å². The van der Waals surface area contributed by atoms with Crippen LogP contribution in [-0.4, -0.2) is 29.4 Å². The molecule has 1 amide bonds. The minimum atomic E-state index is -0.465. The third-order valence-corrected chi connectivity index (χ3v) is 4.11. The van der Waals surface area contributed by atoms with E-state index in [1.54, 1.807) is 0 Å². The summed E-state index contributed by atoms with van der Waals surface area (Å²) >= 11 is 1.37. The van der Waals surface area contributed by atoms with Gasteiger partial charge < -0.3 is 14.6 Å². The van der Waals surface area contributed by atoms with E-state index in [9.17, 15) is 9.59 Å². The summed E-state index contributed by atoms with van der Waals surface area (Å²) in [4.78, 5) is 24.3. The second-order valence-electron chi connectivity index (χ2n) is 4.89. The lowest BCUT2D eigenvalue weighted by atomic mass is 10.1. The van der Waals surface area contributed by atoms with E-state index in [1.165, 1.54) is 24.1 Å². The van der Waals surface area contributed by atoms with Gasteiger partial charge in [-0.1, -0.05) is 35.5 Å². The molecular formula is C17H14N2O4S. The largest absolute Gasteiger partial charge is 0.455 e. The molecule has 6 nitrogen and oxygen atoms in total. The Hall–Kier alpha value is -2.80. The molecular weight excluding hydrogens is 328 g/mol. The van der Waals surface area contributed by atoms with Gasteiger partial charge in [0, 0.05) is 11.0 Å². The fraction of sp³-hybridized carbons (Fsp3) is 0.118. The number of ether oxygens (including phenoxy) is 1. The van der Waals surface area contributed by atoms with Crippen molar-refractivity contribution in [2.75, 3.05) is 17.7 Å². The maximum atomic E-state index is 11.7. The van der Waals surface area contributed by atoms with E-state index in [0.717, 1.165) is 15.7 Å². The molecule has 2 aromatic carbocycles. The zero-order chi connectivity index (χ0) is 16.8. The highest BCUT2D eigenvalue weighted by Gasteiger charge is 2.10. The normalized spacial score (nSPS) is 10.5. The van der Waals surface area contributed by atoms with Crippen LogP contribution in [0.2, 0.25) is 0 Å². The summed E-state index contributed by atoms with van der Waals surface area (Å²) in [7, 11) is 0. The Balaban J connectivity index is 1.45. The molecule has 3 aromatic rings. The van der Waals surface area contributed by atoms with Crippen molar-refractivity contribution >= 4 is 40.2 Å². The van der Waals surface area contributed by atoms with Crippen LogP contribution in [0.25, 0.3) is 10.8 Å². The Morgan fingerprint density at radius 1 is 1.12 bits per heavy atom. The molecule has 7 heteroatoms. The lowest BCUT2D eigenvalue weighted by molar-refractivity contribution is -0.144. The van der Waals surface area contributed by atoms with Gasteiger partial charge in [-0.25, -0.2) is 0 Å². The van der Waals surface area contributed by atoms with E-state index >= 15 is 0 Å². The average Bonchev–Trinajstić information content (AvgIpc) is 3.11. The second-order valence-corrected chi connectivity index (χ2v) is 5.94. The summed E-state index contributed by atoms with van der Waals surface area (Å²) in [6, 6.07) is 15.5. The van der Waals surface area contributed by atoms with E-state index in [1.807, 2.05) is 42.5 Å². The molecule has 0 saturated carbocycles. The molecule has 0 unspecified atom stereocenters. The fourth-order valence-electron chi connectivity index (χ4n) is 2.04. The van der Waals surface area contributed by atoms with Crippen molar-refractivity contribution in [3.8, 4) is 0 Å². The standard InChI is InChI=1S/C17H14N2O4S/c20-16(18-15-7-8-23-19-15)10-22-17(21)11-24-14-6-5-12-3-1-2-4-13(12)9-14/h1-9H,10-11H2,(H,18,19,20). The van der Waals surface area contributed by atoms with Crippen LogP contribution in [-0.2, 0) is 14.3 Å². The van der Waals surface area contributed by atoms with Crippen LogP contribution in [0.4, 0.5) is 5.82 Å². The van der Waals surface area contributed by atoms with Gasteiger partial charge in [0.15, 0.2) is 12.4 Å². The fourth-order valence-corrected chi connectivity index (χ4v) is 2.79. The van der Waals surface area contributed by atoms with Gasteiger partial charge in [-0.3, -0.25) is 9.59 Å². The van der Waals surface area contributed by atoms with Gasteiger partial charge in [-0.05, 0) is 22.9 Å². The lowest BCUT2D eigenvalue weighted by Gasteiger charge is -2.05. The summed E-state index contributed by atoms with van der Waals surface area (Å²) in [5.74, 6) is -0.506. The number of rotatable bonds is 6. The third kappa shape index (κ3) is 4.36. The first-order valence-corrected chi connectivity index (χ1v) is 8.17. The van der Waals surface area contributed by atoms with Crippen LogP contribution in [0.3, 0.4) is 0 Å². The van der Waals surface area contributed by atoms with Gasteiger partial charge in [0.2, 0.25) is 0 Å². The number of carbonyl (C=O) groups excluding carboxylic acids is 2. The number of nitrogens with zero attached hydrogens (tertiary/aromatic N) is 1. The van der Waals surface area contributed by atoms with E-state index < -0.39 is 11.9 Å². The Morgan fingerprint density at radius 3 is 2.75 bits per heavy atom. The number of anilines is 1. The molecule has 1 N–H and O–H groups in total. The van der Waals surface area contributed by atoms with Crippen LogP contribution in [0.5, 0.6) is 0 Å². The van der Waals surface area contributed by atoms with Gasteiger partial charge in [0.1, 0.15) is 6.26 Å². The summed E-state index contributed by atoms with van der Waals surface area (Å²) in [6.45, 7) is -0.357. The number of amides is 1. The molecule has 3 rings (SSSR count). The summed E-state index contributed by atoms with van der Waals surface area (Å²) in [6.07, 6.45) is 1.34. The van der Waals surface area contributed by atoms with Crippen molar-refractivity contribution in [1.82, 2.24) is 5.16 Å². The van der Waals surface area contributed by atoms with Crippen LogP contribution in [0.15, 0.2) is 64.2 Å². The molecule has 24 heavy (non-hydrogen) atoms. The Labute approximate surface area is 142 Å². The molecule has 0 spiro atoms. The van der Waals surface area contributed by atoms with Crippen LogP contribution in [0, 0.1) is 0 Å². The van der Waals surface area contributed by atoms with Crippen molar-refractivity contribution in [3.05, 3.63) is 54.8 Å². The number of aromatic nitrogens is 1. The number of hydrogen-bond acceptors (Lipinski definition) is 6. The summed E-state index contributed by atoms with van der Waals surface area (Å²) < 4.78 is 9.51. The maximum Gasteiger partial charge on any atom is 0.316 e. The van der Waals surface area contributed by atoms with Crippen molar-refractivity contribution in [2.24, 2.45) is 0 Å². The minimum Gasteiger partial charge on any atom is -0.455 e. The monoisotopic (exact) mass is 342 g/mol. The SMILES string of the molecule is O=C(COC(=O)CSc1ccc2ccccc2c1)Nc1ccon1. The predicted octanol–water partition coefficient (Wildman–Crippen LogP) is 3.10. The first kappa shape index (κ1) is 16.1. The smallest absolute Gasteiger partial charge is 0.316 e. The molecule has 0 aliphatic rings. The van der Waals surface area contributed by atoms with E-state index in [2.05, 4.69) is 15.0 Å². The number of carbonyl (C=O) groups is 2. The molecule has 0 atom stereocenters. The van der Waals surface area contributed by atoms with Crippen molar-refractivity contribution in [3.63, 3.8) is 0 Å². The van der Waals surface area contributed by atoms with E-state index in [-0.39, 0.29) is 18.2 Å². The average molecular weight is 342 g/mol. The first-order valence-electron chi connectivity index (χ1n) is 7.18. The molecule has 0 fully saturated rings. The summed E-state index contributed by atoms with van der Waals surface area (Å²) in [5, 5.41) is 8.24. The third-order valence-electron chi connectivity index (χ3n) is 3.15. The number of fused-ring (bicyclic) bond motifs is 1. The molecule has 122 valence electrons. The van der Waals surface area contributed by atoms with E-state index in [4.69, 9.17) is 4.74 Å². The Morgan fingerprint density at radius 2 is 1.96 bits per heavy atom. The van der Waals surface area contributed by atoms with E-state index in [0.29, 0.717) is 0 Å². The second kappa shape index (κ2) is 7.65. The van der Waals surface area contributed by atoms with Crippen LogP contribution >= 0.6 is 11.8 Å². The molecule has 1 aromatic heterocycles. The highest BCUT2D eigenvalue weighted by Crippen LogP contribution is 2.23. The van der Waals surface area contributed by atoms with Gasteiger partial charge in [-0.2, -0.15) is 0 Å². The highest BCUT2D eigenvalue weighted by molar-refractivity contribution is 8.00. The van der Waals surface area contributed by atoms with Crippen molar-refractivity contribution in [2.45, 2.75) is 4.90 Å². The molecule has 1 heterocycles. The van der Waals surface area contributed by atoms with Crippen molar-refractivity contribution in [1.29, 1.82) is 0 Å². The molecule has 0 bridgehead atoms. The number of esters is 1. The zero-order valence-corrected chi connectivity index (χ0v) is 13.4. The maximum absolute atomic E-state index is 11.7. The quantitative estimate of drug-likeness (QED) is 0.547. The number of hydrogen-bond donors (Lipinski definition) is 1. The molecule has 0 radical (unpaired) electrons. The van der Waals surface area contributed by atoms with Gasteiger partial charge >= 0.3 is 5.97 Å². The Kier molecular flexibility index (Phi) is 5.12. The number of nitrogens with one attached hydrogen (secondary N) is 1. The van der Waals surface area contributed by atoms with Crippen LogP contribution in [0.1, 0.15) is 0 Å². The molecule has 0 aliphatic heterocycles. The highest BCUT2D eigenvalue weighted by atomic mass is 32.2. The van der Waals surface area contributed by atoms with Gasteiger partial charge in [0.05, 0.1) is 5.75 Å².